The van der Waals surface area contributed by atoms with Crippen molar-refractivity contribution in [3.63, 3.8) is 0 Å². The maximum absolute atomic E-state index is 14.2. The van der Waals surface area contributed by atoms with Gasteiger partial charge in [-0.05, 0) is 87.9 Å². The quantitative estimate of drug-likeness (QED) is 0.299. The van der Waals surface area contributed by atoms with Crippen LogP contribution in [0.4, 0.5) is 17.3 Å². The topological polar surface area (TPSA) is 96.8 Å². The monoisotopic (exact) mass is 619 g/mol. The normalized spacial score (nSPS) is 19.2. The predicted molar refractivity (Wildman–Crippen MR) is 181 cm³/mol. The van der Waals surface area contributed by atoms with Gasteiger partial charge in [-0.15, -0.1) is 0 Å². The fourth-order valence-electron chi connectivity index (χ4n) is 6.38. The Morgan fingerprint density at radius 2 is 1.85 bits per heavy atom. The van der Waals surface area contributed by atoms with Gasteiger partial charge in [-0.25, -0.2) is 4.98 Å². The first-order valence-corrected chi connectivity index (χ1v) is 16.3. The summed E-state index contributed by atoms with van der Waals surface area (Å²) in [5.74, 6) is 8.21. The number of aromatic nitrogens is 3. The fraction of sp³-hybridized carbons (Fsp3) is 0.417. The lowest BCUT2D eigenvalue weighted by Gasteiger charge is -2.30. The average molecular weight is 620 g/mol. The molecule has 10 nitrogen and oxygen atoms in total. The number of para-hydroxylation sites is 1. The molecule has 0 spiro atoms. The molecule has 0 aliphatic carbocycles. The number of anilines is 3. The van der Waals surface area contributed by atoms with Crippen molar-refractivity contribution in [2.45, 2.75) is 31.9 Å². The molecule has 7 rings (SSSR count). The van der Waals surface area contributed by atoms with E-state index in [2.05, 4.69) is 56.4 Å². The molecule has 0 amide bonds. The number of likely N-dealkylation sites (tertiary alicyclic amines) is 1. The molecule has 1 unspecified atom stereocenters. The summed E-state index contributed by atoms with van der Waals surface area (Å²) in [7, 11) is 2.14. The minimum atomic E-state index is -0.141. The summed E-state index contributed by atoms with van der Waals surface area (Å²) in [5.41, 5.74) is 3.90. The van der Waals surface area contributed by atoms with E-state index in [4.69, 9.17) is 14.5 Å². The van der Waals surface area contributed by atoms with Crippen LogP contribution < -0.4 is 25.8 Å². The molecular formula is C36H41N7O3. The molecule has 2 aromatic heterocycles. The van der Waals surface area contributed by atoms with Crippen molar-refractivity contribution < 1.29 is 9.47 Å². The summed E-state index contributed by atoms with van der Waals surface area (Å²) in [6, 6.07) is 17.9. The van der Waals surface area contributed by atoms with Crippen molar-refractivity contribution in [3.05, 3.63) is 82.3 Å². The fourth-order valence-corrected chi connectivity index (χ4v) is 6.38. The summed E-state index contributed by atoms with van der Waals surface area (Å²) in [4.78, 5) is 28.3. The van der Waals surface area contributed by atoms with E-state index in [1.807, 2.05) is 42.5 Å². The van der Waals surface area contributed by atoms with Crippen LogP contribution in [-0.4, -0.2) is 85.1 Å². The molecule has 2 aromatic carbocycles. The molecule has 3 fully saturated rings. The lowest BCUT2D eigenvalue weighted by molar-refractivity contribution is 0.122. The van der Waals surface area contributed by atoms with Gasteiger partial charge in [0.1, 0.15) is 17.5 Å². The van der Waals surface area contributed by atoms with Crippen molar-refractivity contribution in [3.8, 4) is 17.6 Å². The Morgan fingerprint density at radius 3 is 2.63 bits per heavy atom. The second-order valence-electron chi connectivity index (χ2n) is 12.4. The van der Waals surface area contributed by atoms with Gasteiger partial charge < -0.3 is 29.9 Å². The van der Waals surface area contributed by atoms with Gasteiger partial charge >= 0.3 is 0 Å². The van der Waals surface area contributed by atoms with Crippen LogP contribution in [0.2, 0.25) is 0 Å². The van der Waals surface area contributed by atoms with Crippen LogP contribution >= 0.6 is 0 Å². The van der Waals surface area contributed by atoms with Gasteiger partial charge in [0.15, 0.2) is 0 Å². The number of rotatable bonds is 7. The molecule has 5 heterocycles. The summed E-state index contributed by atoms with van der Waals surface area (Å²) >= 11 is 0. The molecule has 3 saturated heterocycles. The highest BCUT2D eigenvalue weighted by Gasteiger charge is 2.19. The molecule has 0 saturated carbocycles. The van der Waals surface area contributed by atoms with Gasteiger partial charge in [-0.3, -0.25) is 9.36 Å². The van der Waals surface area contributed by atoms with E-state index in [9.17, 15) is 4.79 Å². The summed E-state index contributed by atoms with van der Waals surface area (Å²) < 4.78 is 13.4. The molecule has 238 valence electrons. The van der Waals surface area contributed by atoms with Crippen LogP contribution in [0.1, 0.15) is 30.4 Å². The van der Waals surface area contributed by atoms with E-state index >= 15 is 0 Å². The maximum atomic E-state index is 14.2. The number of hydrogen-bond donors (Lipinski definition) is 2. The van der Waals surface area contributed by atoms with E-state index in [1.54, 1.807) is 10.8 Å². The summed E-state index contributed by atoms with van der Waals surface area (Å²) in [5, 5.41) is 7.42. The first kappa shape index (κ1) is 30.2. The minimum Gasteiger partial charge on any atom is -0.489 e. The Kier molecular flexibility index (Phi) is 9.15. The van der Waals surface area contributed by atoms with Gasteiger partial charge in [-0.1, -0.05) is 30.0 Å². The highest BCUT2D eigenvalue weighted by Crippen LogP contribution is 2.25. The molecule has 46 heavy (non-hydrogen) atoms. The van der Waals surface area contributed by atoms with E-state index in [-0.39, 0.29) is 17.6 Å². The Bertz CT molecular complexity index is 1780. The number of hydrogen-bond acceptors (Lipinski definition) is 9. The van der Waals surface area contributed by atoms with Crippen LogP contribution in [0, 0.1) is 17.8 Å². The van der Waals surface area contributed by atoms with Crippen LogP contribution in [0.15, 0.2) is 65.6 Å². The Morgan fingerprint density at radius 1 is 1.04 bits per heavy atom. The number of piperidine rings is 1. The molecular weight excluding hydrogens is 578 g/mol. The van der Waals surface area contributed by atoms with Gasteiger partial charge in [0, 0.05) is 48.5 Å². The zero-order valence-corrected chi connectivity index (χ0v) is 26.4. The zero-order valence-electron chi connectivity index (χ0n) is 26.4. The highest BCUT2D eigenvalue weighted by atomic mass is 16.5. The first-order valence-electron chi connectivity index (χ1n) is 16.3. The average Bonchev–Trinajstić information content (AvgIpc) is 3.61. The van der Waals surface area contributed by atoms with Crippen molar-refractivity contribution in [1.82, 2.24) is 24.8 Å². The Hall–Kier alpha value is -4.43. The molecule has 0 bridgehead atoms. The van der Waals surface area contributed by atoms with Crippen molar-refractivity contribution in [2.75, 3.05) is 69.7 Å². The molecule has 3 aliphatic heterocycles. The van der Waals surface area contributed by atoms with Gasteiger partial charge in [-0.2, -0.15) is 4.98 Å². The van der Waals surface area contributed by atoms with Crippen molar-refractivity contribution in [2.24, 2.45) is 5.92 Å². The SMILES string of the molecule is CN1CCC(C#Cc2cc3cnc(Nc4ccc(OC5CCNC5)cc4)nc3n(Cc3ccccc3N3CCOCC3)c2=O)CC1. The van der Waals surface area contributed by atoms with Gasteiger partial charge in [0.05, 0.1) is 25.3 Å². The lowest BCUT2D eigenvalue weighted by Crippen LogP contribution is -2.37. The number of nitrogens with zero attached hydrogens (tertiary/aromatic N) is 5. The number of benzene rings is 2. The van der Waals surface area contributed by atoms with Crippen LogP contribution in [-0.2, 0) is 11.3 Å². The minimum absolute atomic E-state index is 0.141. The molecule has 1 atom stereocenters. The number of morpholine rings is 1. The smallest absolute Gasteiger partial charge is 0.268 e. The lowest BCUT2D eigenvalue weighted by atomic mass is 9.97. The Balaban J connectivity index is 1.22. The second kappa shape index (κ2) is 13.9. The first-order chi connectivity index (χ1) is 22.6. The molecule has 3 aliphatic rings. The van der Waals surface area contributed by atoms with Crippen molar-refractivity contribution in [1.29, 1.82) is 0 Å². The summed E-state index contributed by atoms with van der Waals surface area (Å²) in [6.07, 6.45) is 5.02. The largest absolute Gasteiger partial charge is 0.489 e. The van der Waals surface area contributed by atoms with Gasteiger partial charge in [0.2, 0.25) is 5.95 Å². The predicted octanol–water partition coefficient (Wildman–Crippen LogP) is 3.85. The Labute approximate surface area is 269 Å². The van der Waals surface area contributed by atoms with Gasteiger partial charge in [0.25, 0.3) is 5.56 Å². The van der Waals surface area contributed by atoms with E-state index in [0.717, 1.165) is 86.6 Å². The van der Waals surface area contributed by atoms with Crippen LogP contribution in [0.25, 0.3) is 11.0 Å². The molecule has 10 heteroatoms. The standard InChI is InChI=1S/C36H41N7O3/c1-41-16-13-26(14-17-41)6-7-27-22-29-23-38-36(39-30-8-10-31(11-9-30)46-32-12-15-37-24-32)40-34(29)43(35(27)44)25-28-4-2-3-5-33(28)42-18-20-45-21-19-42/h2-5,8-11,22-23,26,32,37H,12-21,24-25H2,1H3,(H,38,39,40). The number of nitrogens with one attached hydrogen (secondary N) is 2. The molecule has 0 radical (unpaired) electrons. The van der Waals surface area contributed by atoms with Crippen molar-refractivity contribution >= 4 is 28.4 Å². The molecule has 4 aromatic rings. The third-order valence-electron chi connectivity index (χ3n) is 9.06. The number of ether oxygens (including phenoxy) is 2. The van der Waals surface area contributed by atoms with Crippen LogP contribution in [0.3, 0.4) is 0 Å². The maximum Gasteiger partial charge on any atom is 0.268 e. The molecule has 2 N–H and O–H groups in total. The highest BCUT2D eigenvalue weighted by molar-refractivity contribution is 5.78. The van der Waals surface area contributed by atoms with E-state index in [0.29, 0.717) is 36.9 Å². The van der Waals surface area contributed by atoms with Crippen LogP contribution in [0.5, 0.6) is 5.75 Å². The number of fused-ring (bicyclic) bond motifs is 1. The van der Waals surface area contributed by atoms with E-state index < -0.39 is 0 Å². The number of pyridine rings is 1. The third kappa shape index (κ3) is 7.02. The van der Waals surface area contributed by atoms with E-state index in [1.165, 1.54) is 0 Å². The second-order valence-corrected chi connectivity index (χ2v) is 12.4. The zero-order chi connectivity index (χ0) is 31.3. The summed E-state index contributed by atoms with van der Waals surface area (Å²) in [6.45, 7) is 7.27. The third-order valence-corrected chi connectivity index (χ3v) is 9.06.